The van der Waals surface area contributed by atoms with Gasteiger partial charge in [-0.3, -0.25) is 4.79 Å². The zero-order valence-electron chi connectivity index (χ0n) is 7.61. The average Bonchev–Trinajstić information content (AvgIpc) is 2.71. The Kier molecular flexibility index (Phi) is 2.77. The summed E-state index contributed by atoms with van der Waals surface area (Å²) in [7, 11) is 0. The van der Waals surface area contributed by atoms with Crippen LogP contribution < -0.4 is 0 Å². The first-order valence-corrected chi connectivity index (χ1v) is 5.33. The molecule has 0 aliphatic carbocycles. The maximum absolute atomic E-state index is 11.8. The van der Waals surface area contributed by atoms with Gasteiger partial charge in [0.25, 0.3) is 5.91 Å². The lowest BCUT2D eigenvalue weighted by molar-refractivity contribution is 0.0792. The van der Waals surface area contributed by atoms with Gasteiger partial charge in [0.1, 0.15) is 0 Å². The van der Waals surface area contributed by atoms with Crippen LogP contribution in [0.1, 0.15) is 23.2 Å². The van der Waals surface area contributed by atoms with Crippen LogP contribution in [-0.2, 0) is 0 Å². The van der Waals surface area contributed by atoms with E-state index >= 15 is 0 Å². The Morgan fingerprint density at radius 1 is 1.29 bits per heavy atom. The largest absolute Gasteiger partial charge is 0.339 e. The molecule has 0 atom stereocenters. The second-order valence-corrected chi connectivity index (χ2v) is 3.95. The second-order valence-electron chi connectivity index (χ2n) is 3.24. The van der Waals surface area contributed by atoms with Crippen molar-refractivity contribution in [2.24, 2.45) is 0 Å². The SMILES string of the molecule is O=C(c1cnc(Br)nc1)N1CCCC1. The Bertz CT molecular complexity index is 332. The molecule has 14 heavy (non-hydrogen) atoms. The van der Waals surface area contributed by atoms with E-state index in [0.29, 0.717) is 10.3 Å². The molecular weight excluding hydrogens is 246 g/mol. The first-order chi connectivity index (χ1) is 6.77. The lowest BCUT2D eigenvalue weighted by Gasteiger charge is -2.14. The van der Waals surface area contributed by atoms with E-state index in [1.165, 1.54) is 0 Å². The normalized spacial score (nSPS) is 15.9. The van der Waals surface area contributed by atoms with Gasteiger partial charge in [-0.2, -0.15) is 0 Å². The number of likely N-dealkylation sites (tertiary alicyclic amines) is 1. The number of rotatable bonds is 1. The summed E-state index contributed by atoms with van der Waals surface area (Å²) in [5.74, 6) is 0.0370. The summed E-state index contributed by atoms with van der Waals surface area (Å²) >= 11 is 3.13. The number of hydrogen-bond donors (Lipinski definition) is 0. The molecule has 1 aliphatic rings. The monoisotopic (exact) mass is 255 g/mol. The molecule has 1 fully saturated rings. The Labute approximate surface area is 90.5 Å². The molecule has 2 heterocycles. The second kappa shape index (κ2) is 4.04. The van der Waals surface area contributed by atoms with Crippen molar-refractivity contribution in [1.29, 1.82) is 0 Å². The number of hydrogen-bond acceptors (Lipinski definition) is 3. The molecule has 5 heteroatoms. The summed E-state index contributed by atoms with van der Waals surface area (Å²) in [5.41, 5.74) is 0.565. The molecule has 0 aromatic carbocycles. The Morgan fingerprint density at radius 2 is 1.86 bits per heavy atom. The minimum Gasteiger partial charge on any atom is -0.339 e. The van der Waals surface area contributed by atoms with Crippen LogP contribution in [0.2, 0.25) is 0 Å². The smallest absolute Gasteiger partial charge is 0.256 e. The zero-order valence-corrected chi connectivity index (χ0v) is 9.20. The maximum atomic E-state index is 11.8. The van der Waals surface area contributed by atoms with Gasteiger partial charge < -0.3 is 4.90 Å². The predicted octanol–water partition coefficient (Wildman–Crippen LogP) is 1.48. The highest BCUT2D eigenvalue weighted by molar-refractivity contribution is 9.10. The molecule has 1 saturated heterocycles. The van der Waals surface area contributed by atoms with Crippen LogP contribution in [-0.4, -0.2) is 33.9 Å². The molecule has 0 spiro atoms. The van der Waals surface area contributed by atoms with E-state index in [4.69, 9.17) is 0 Å². The number of amides is 1. The topological polar surface area (TPSA) is 46.1 Å². The van der Waals surface area contributed by atoms with Gasteiger partial charge in [0.05, 0.1) is 5.56 Å². The molecular formula is C9H10BrN3O. The predicted molar refractivity (Wildman–Crippen MR) is 54.9 cm³/mol. The van der Waals surface area contributed by atoms with Crippen molar-refractivity contribution >= 4 is 21.8 Å². The fraction of sp³-hybridized carbons (Fsp3) is 0.444. The molecule has 74 valence electrons. The lowest BCUT2D eigenvalue weighted by Crippen LogP contribution is -2.27. The van der Waals surface area contributed by atoms with Crippen molar-refractivity contribution in [2.45, 2.75) is 12.8 Å². The van der Waals surface area contributed by atoms with Crippen LogP contribution in [0.25, 0.3) is 0 Å². The molecule has 0 N–H and O–H groups in total. The van der Waals surface area contributed by atoms with E-state index < -0.39 is 0 Å². The van der Waals surface area contributed by atoms with Crippen LogP contribution >= 0.6 is 15.9 Å². The molecule has 1 aliphatic heterocycles. The fourth-order valence-corrected chi connectivity index (χ4v) is 1.73. The first kappa shape index (κ1) is 9.58. The fourth-order valence-electron chi connectivity index (χ4n) is 1.53. The van der Waals surface area contributed by atoms with Crippen LogP contribution in [0.15, 0.2) is 17.1 Å². The van der Waals surface area contributed by atoms with E-state index in [0.717, 1.165) is 25.9 Å². The van der Waals surface area contributed by atoms with Gasteiger partial charge in [-0.15, -0.1) is 0 Å². The summed E-state index contributed by atoms with van der Waals surface area (Å²) < 4.78 is 0.510. The van der Waals surface area contributed by atoms with Crippen LogP contribution in [0.4, 0.5) is 0 Å². The average molecular weight is 256 g/mol. The molecule has 4 nitrogen and oxygen atoms in total. The van der Waals surface area contributed by atoms with Crippen molar-refractivity contribution in [3.05, 3.63) is 22.7 Å². The molecule has 0 unspecified atom stereocenters. The van der Waals surface area contributed by atoms with Gasteiger partial charge in [0.15, 0.2) is 4.73 Å². The summed E-state index contributed by atoms with van der Waals surface area (Å²) in [6.07, 6.45) is 5.31. The minimum absolute atomic E-state index is 0.0370. The van der Waals surface area contributed by atoms with E-state index in [2.05, 4.69) is 25.9 Å². The van der Waals surface area contributed by atoms with Gasteiger partial charge in [-0.25, -0.2) is 9.97 Å². The van der Waals surface area contributed by atoms with Crippen molar-refractivity contribution in [2.75, 3.05) is 13.1 Å². The third kappa shape index (κ3) is 1.92. The van der Waals surface area contributed by atoms with E-state index in [1.54, 1.807) is 12.4 Å². The number of carbonyl (C=O) groups excluding carboxylic acids is 1. The zero-order chi connectivity index (χ0) is 9.97. The molecule has 0 bridgehead atoms. The van der Waals surface area contributed by atoms with Crippen molar-refractivity contribution in [3.8, 4) is 0 Å². The molecule has 1 aromatic heterocycles. The minimum atomic E-state index is 0.0370. The van der Waals surface area contributed by atoms with E-state index in [1.807, 2.05) is 4.90 Å². The number of nitrogens with zero attached hydrogens (tertiary/aromatic N) is 3. The Hall–Kier alpha value is -0.970. The van der Waals surface area contributed by atoms with Crippen LogP contribution in [0, 0.1) is 0 Å². The molecule has 1 aromatic rings. The Balaban J connectivity index is 2.14. The lowest BCUT2D eigenvalue weighted by atomic mass is 10.3. The Morgan fingerprint density at radius 3 is 2.43 bits per heavy atom. The highest BCUT2D eigenvalue weighted by Crippen LogP contribution is 2.12. The van der Waals surface area contributed by atoms with Crippen LogP contribution in [0.3, 0.4) is 0 Å². The third-order valence-electron chi connectivity index (χ3n) is 2.26. The van der Waals surface area contributed by atoms with E-state index in [9.17, 15) is 4.79 Å². The highest BCUT2D eigenvalue weighted by atomic mass is 79.9. The quantitative estimate of drug-likeness (QED) is 0.715. The number of halogens is 1. The number of aromatic nitrogens is 2. The van der Waals surface area contributed by atoms with Gasteiger partial charge >= 0.3 is 0 Å². The summed E-state index contributed by atoms with van der Waals surface area (Å²) in [4.78, 5) is 21.5. The molecule has 2 rings (SSSR count). The van der Waals surface area contributed by atoms with Crippen molar-refractivity contribution in [3.63, 3.8) is 0 Å². The van der Waals surface area contributed by atoms with Gasteiger partial charge in [0.2, 0.25) is 0 Å². The number of carbonyl (C=O) groups is 1. The van der Waals surface area contributed by atoms with Crippen molar-refractivity contribution in [1.82, 2.24) is 14.9 Å². The van der Waals surface area contributed by atoms with E-state index in [-0.39, 0.29) is 5.91 Å². The third-order valence-corrected chi connectivity index (χ3v) is 2.67. The van der Waals surface area contributed by atoms with Gasteiger partial charge in [-0.05, 0) is 28.8 Å². The highest BCUT2D eigenvalue weighted by Gasteiger charge is 2.19. The molecule has 0 saturated carbocycles. The standard InChI is InChI=1S/C9H10BrN3O/c10-9-11-5-7(6-12-9)8(14)13-3-1-2-4-13/h5-6H,1-4H2. The van der Waals surface area contributed by atoms with Gasteiger partial charge in [-0.1, -0.05) is 0 Å². The molecule has 0 radical (unpaired) electrons. The summed E-state index contributed by atoms with van der Waals surface area (Å²) in [6.45, 7) is 1.71. The summed E-state index contributed by atoms with van der Waals surface area (Å²) in [6, 6.07) is 0. The van der Waals surface area contributed by atoms with Crippen molar-refractivity contribution < 1.29 is 4.79 Å². The molecule has 1 amide bonds. The summed E-state index contributed by atoms with van der Waals surface area (Å²) in [5, 5.41) is 0. The maximum Gasteiger partial charge on any atom is 0.256 e. The van der Waals surface area contributed by atoms with Gasteiger partial charge in [0, 0.05) is 25.5 Å². The first-order valence-electron chi connectivity index (χ1n) is 4.54. The van der Waals surface area contributed by atoms with Crippen LogP contribution in [0.5, 0.6) is 0 Å².